The Hall–Kier alpha value is -1.97. The molecule has 1 aromatic carbocycles. The minimum absolute atomic E-state index is 0.536. The summed E-state index contributed by atoms with van der Waals surface area (Å²) in [5.74, 6) is 1.46. The number of nitrogen functional groups attached to an aromatic ring is 1. The monoisotopic (exact) mass is 245 g/mol. The van der Waals surface area contributed by atoms with E-state index in [9.17, 15) is 0 Å². The Kier molecular flexibility index (Phi) is 3.28. The van der Waals surface area contributed by atoms with Gasteiger partial charge in [0, 0.05) is 18.3 Å². The zero-order valence-corrected chi connectivity index (χ0v) is 11.3. The number of benzene rings is 1. The molecule has 0 aliphatic heterocycles. The Morgan fingerprint density at radius 2 is 2.06 bits per heavy atom. The SMILES string of the molecule is CCOc1ccc(-c2nc(N)n(C)c2C)cc1C. The summed E-state index contributed by atoms with van der Waals surface area (Å²) in [5, 5.41) is 0. The van der Waals surface area contributed by atoms with E-state index in [4.69, 9.17) is 10.5 Å². The van der Waals surface area contributed by atoms with E-state index in [0.29, 0.717) is 12.6 Å². The third-order valence-corrected chi connectivity index (χ3v) is 3.16. The first-order chi connectivity index (χ1) is 8.54. The van der Waals surface area contributed by atoms with Crippen LogP contribution < -0.4 is 10.5 Å². The molecular formula is C14H19N3O. The Morgan fingerprint density at radius 1 is 1.33 bits per heavy atom. The summed E-state index contributed by atoms with van der Waals surface area (Å²) in [6.45, 7) is 6.72. The first kappa shape index (κ1) is 12.5. The summed E-state index contributed by atoms with van der Waals surface area (Å²) in [7, 11) is 1.92. The number of nitrogens with two attached hydrogens (primary N) is 1. The third-order valence-electron chi connectivity index (χ3n) is 3.16. The summed E-state index contributed by atoms with van der Waals surface area (Å²) in [6.07, 6.45) is 0. The zero-order valence-electron chi connectivity index (χ0n) is 11.3. The van der Waals surface area contributed by atoms with Gasteiger partial charge < -0.3 is 15.0 Å². The van der Waals surface area contributed by atoms with Gasteiger partial charge in [-0.15, -0.1) is 0 Å². The molecule has 0 aliphatic rings. The smallest absolute Gasteiger partial charge is 0.200 e. The molecular weight excluding hydrogens is 226 g/mol. The van der Waals surface area contributed by atoms with Crippen molar-refractivity contribution in [3.05, 3.63) is 29.5 Å². The second-order valence-electron chi connectivity index (χ2n) is 4.38. The fourth-order valence-corrected chi connectivity index (χ4v) is 1.99. The van der Waals surface area contributed by atoms with E-state index in [1.165, 1.54) is 0 Å². The van der Waals surface area contributed by atoms with Crippen LogP contribution in [0.3, 0.4) is 0 Å². The second kappa shape index (κ2) is 4.72. The van der Waals surface area contributed by atoms with Gasteiger partial charge in [-0.3, -0.25) is 0 Å². The molecule has 96 valence electrons. The van der Waals surface area contributed by atoms with Crippen molar-refractivity contribution in [2.24, 2.45) is 7.05 Å². The largest absolute Gasteiger partial charge is 0.494 e. The van der Waals surface area contributed by atoms with Crippen LogP contribution in [0.5, 0.6) is 5.75 Å². The van der Waals surface area contributed by atoms with Crippen LogP contribution in [0, 0.1) is 13.8 Å². The van der Waals surface area contributed by atoms with Crippen LogP contribution in [0.2, 0.25) is 0 Å². The van der Waals surface area contributed by atoms with Crippen molar-refractivity contribution < 1.29 is 4.74 Å². The molecule has 0 atom stereocenters. The van der Waals surface area contributed by atoms with Gasteiger partial charge in [0.15, 0.2) is 0 Å². The van der Waals surface area contributed by atoms with Crippen molar-refractivity contribution >= 4 is 5.95 Å². The Bertz CT molecular complexity index is 573. The van der Waals surface area contributed by atoms with Crippen LogP contribution in [-0.2, 0) is 7.05 Å². The number of hydrogen-bond donors (Lipinski definition) is 1. The average molecular weight is 245 g/mol. The molecule has 0 fully saturated rings. The number of ether oxygens (including phenoxy) is 1. The summed E-state index contributed by atoms with van der Waals surface area (Å²) in [4.78, 5) is 4.40. The number of nitrogens with zero attached hydrogens (tertiary/aromatic N) is 2. The molecule has 0 radical (unpaired) electrons. The van der Waals surface area contributed by atoms with Crippen LogP contribution in [0.15, 0.2) is 18.2 Å². The van der Waals surface area contributed by atoms with Crippen LogP contribution in [0.1, 0.15) is 18.2 Å². The summed E-state index contributed by atoms with van der Waals surface area (Å²) in [6, 6.07) is 6.09. The molecule has 4 heteroatoms. The van der Waals surface area contributed by atoms with E-state index in [2.05, 4.69) is 11.1 Å². The highest BCUT2D eigenvalue weighted by Crippen LogP contribution is 2.28. The van der Waals surface area contributed by atoms with Crippen molar-refractivity contribution in [1.29, 1.82) is 0 Å². The fraction of sp³-hybridized carbons (Fsp3) is 0.357. The number of rotatable bonds is 3. The molecule has 1 heterocycles. The molecule has 0 saturated heterocycles. The topological polar surface area (TPSA) is 53.1 Å². The van der Waals surface area contributed by atoms with E-state index in [0.717, 1.165) is 28.3 Å². The van der Waals surface area contributed by atoms with E-state index in [1.807, 2.05) is 44.5 Å². The minimum atomic E-state index is 0.536. The molecule has 0 amide bonds. The standard InChI is InChI=1S/C14H19N3O/c1-5-18-12-7-6-11(8-9(12)2)13-10(3)17(4)14(15)16-13/h6-8H,5H2,1-4H3,(H2,15,16). The van der Waals surface area contributed by atoms with Crippen molar-refractivity contribution in [1.82, 2.24) is 9.55 Å². The van der Waals surface area contributed by atoms with Gasteiger partial charge in [0.25, 0.3) is 0 Å². The van der Waals surface area contributed by atoms with Crippen LogP contribution >= 0.6 is 0 Å². The van der Waals surface area contributed by atoms with E-state index in [-0.39, 0.29) is 0 Å². The fourth-order valence-electron chi connectivity index (χ4n) is 1.99. The average Bonchev–Trinajstić information content (AvgIpc) is 2.60. The van der Waals surface area contributed by atoms with Gasteiger partial charge in [-0.1, -0.05) is 0 Å². The van der Waals surface area contributed by atoms with Crippen molar-refractivity contribution in [3.63, 3.8) is 0 Å². The maximum Gasteiger partial charge on any atom is 0.200 e. The second-order valence-corrected chi connectivity index (χ2v) is 4.38. The molecule has 0 saturated carbocycles. The molecule has 0 spiro atoms. The highest BCUT2D eigenvalue weighted by atomic mass is 16.5. The predicted octanol–water partition coefficient (Wildman–Crippen LogP) is 2.68. The van der Waals surface area contributed by atoms with E-state index < -0.39 is 0 Å². The third kappa shape index (κ3) is 2.06. The lowest BCUT2D eigenvalue weighted by Crippen LogP contribution is -1.97. The zero-order chi connectivity index (χ0) is 13.3. The van der Waals surface area contributed by atoms with Gasteiger partial charge in [-0.2, -0.15) is 0 Å². The lowest BCUT2D eigenvalue weighted by Gasteiger charge is -2.08. The number of imidazole rings is 1. The minimum Gasteiger partial charge on any atom is -0.494 e. The Balaban J connectivity index is 2.45. The van der Waals surface area contributed by atoms with Gasteiger partial charge in [0.1, 0.15) is 5.75 Å². The quantitative estimate of drug-likeness (QED) is 0.904. The molecule has 2 rings (SSSR count). The normalized spacial score (nSPS) is 10.7. The summed E-state index contributed by atoms with van der Waals surface area (Å²) >= 11 is 0. The first-order valence-electron chi connectivity index (χ1n) is 6.07. The van der Waals surface area contributed by atoms with Crippen molar-refractivity contribution in [3.8, 4) is 17.0 Å². The van der Waals surface area contributed by atoms with Gasteiger partial charge in [0.2, 0.25) is 5.95 Å². The highest BCUT2D eigenvalue weighted by Gasteiger charge is 2.11. The van der Waals surface area contributed by atoms with Crippen molar-refractivity contribution in [2.45, 2.75) is 20.8 Å². The Labute approximate surface area is 107 Å². The lowest BCUT2D eigenvalue weighted by atomic mass is 10.1. The lowest BCUT2D eigenvalue weighted by molar-refractivity contribution is 0.338. The first-order valence-corrected chi connectivity index (χ1v) is 6.07. The number of anilines is 1. The van der Waals surface area contributed by atoms with Gasteiger partial charge in [-0.05, 0) is 44.5 Å². The van der Waals surface area contributed by atoms with Crippen LogP contribution in [0.4, 0.5) is 5.95 Å². The molecule has 0 aliphatic carbocycles. The van der Waals surface area contributed by atoms with E-state index in [1.54, 1.807) is 0 Å². The summed E-state index contributed by atoms with van der Waals surface area (Å²) < 4.78 is 7.43. The van der Waals surface area contributed by atoms with Crippen molar-refractivity contribution in [2.75, 3.05) is 12.3 Å². The molecule has 2 N–H and O–H groups in total. The maximum atomic E-state index is 5.82. The number of aromatic nitrogens is 2. The van der Waals surface area contributed by atoms with Crippen LogP contribution in [0.25, 0.3) is 11.3 Å². The molecule has 0 unspecified atom stereocenters. The highest BCUT2D eigenvalue weighted by molar-refractivity contribution is 5.66. The molecule has 2 aromatic rings. The molecule has 4 nitrogen and oxygen atoms in total. The maximum absolute atomic E-state index is 5.82. The summed E-state index contributed by atoms with van der Waals surface area (Å²) in [5.41, 5.74) is 10.00. The van der Waals surface area contributed by atoms with Gasteiger partial charge in [-0.25, -0.2) is 4.98 Å². The van der Waals surface area contributed by atoms with Crippen LogP contribution in [-0.4, -0.2) is 16.2 Å². The van der Waals surface area contributed by atoms with Gasteiger partial charge >= 0.3 is 0 Å². The Morgan fingerprint density at radius 3 is 2.56 bits per heavy atom. The number of hydrogen-bond acceptors (Lipinski definition) is 3. The molecule has 0 bridgehead atoms. The van der Waals surface area contributed by atoms with E-state index >= 15 is 0 Å². The molecule has 1 aromatic heterocycles. The number of aryl methyl sites for hydroxylation is 1. The predicted molar refractivity (Wildman–Crippen MR) is 73.7 cm³/mol. The van der Waals surface area contributed by atoms with Gasteiger partial charge in [0.05, 0.1) is 12.3 Å². The molecule has 18 heavy (non-hydrogen) atoms.